The summed E-state index contributed by atoms with van der Waals surface area (Å²) in [7, 11) is 1.78. The van der Waals surface area contributed by atoms with Crippen LogP contribution in [-0.2, 0) is 13.6 Å². The highest BCUT2D eigenvalue weighted by atomic mass is 35.5. The highest BCUT2D eigenvalue weighted by molar-refractivity contribution is 6.33. The molecular formula is C10H11ClN6O. The maximum Gasteiger partial charge on any atom is 0.271 e. The van der Waals surface area contributed by atoms with E-state index in [1.165, 1.54) is 12.1 Å². The Balaban J connectivity index is 2.08. The van der Waals surface area contributed by atoms with E-state index >= 15 is 0 Å². The van der Waals surface area contributed by atoms with Gasteiger partial charge in [0.15, 0.2) is 5.82 Å². The lowest BCUT2D eigenvalue weighted by atomic mass is 10.3. The lowest BCUT2D eigenvalue weighted by Crippen LogP contribution is -2.25. The number of amides is 1. The van der Waals surface area contributed by atoms with Crippen LogP contribution in [0.3, 0.4) is 0 Å². The van der Waals surface area contributed by atoms with Crippen molar-refractivity contribution < 1.29 is 4.79 Å². The Bertz CT molecular complexity index is 581. The Labute approximate surface area is 108 Å². The third-order valence-electron chi connectivity index (χ3n) is 2.29. The van der Waals surface area contributed by atoms with Crippen LogP contribution in [0.25, 0.3) is 0 Å². The summed E-state index contributed by atoms with van der Waals surface area (Å²) in [5.41, 5.74) is 5.60. The molecule has 94 valence electrons. The van der Waals surface area contributed by atoms with Gasteiger partial charge in [0.05, 0.1) is 11.6 Å². The van der Waals surface area contributed by atoms with Crippen molar-refractivity contribution in [2.24, 2.45) is 7.05 Å². The van der Waals surface area contributed by atoms with Gasteiger partial charge >= 0.3 is 0 Å². The van der Waals surface area contributed by atoms with Crippen LogP contribution in [0.2, 0.25) is 5.02 Å². The van der Waals surface area contributed by atoms with E-state index in [9.17, 15) is 4.79 Å². The number of nitrogens with two attached hydrogens (primary N) is 1. The summed E-state index contributed by atoms with van der Waals surface area (Å²) in [5, 5.41) is 10.4. The summed E-state index contributed by atoms with van der Waals surface area (Å²) in [5.74, 6) is 0.460. The summed E-state index contributed by atoms with van der Waals surface area (Å²) in [6, 6.07) is 3.06. The van der Waals surface area contributed by atoms with E-state index < -0.39 is 5.91 Å². The number of pyridine rings is 1. The smallest absolute Gasteiger partial charge is 0.271 e. The largest absolute Gasteiger partial charge is 0.384 e. The second kappa shape index (κ2) is 5.01. The fourth-order valence-corrected chi connectivity index (χ4v) is 1.52. The second-order valence-electron chi connectivity index (χ2n) is 3.61. The molecule has 0 atom stereocenters. The summed E-state index contributed by atoms with van der Waals surface area (Å²) in [6.07, 6.45) is 1.55. The maximum absolute atomic E-state index is 11.9. The molecule has 0 aliphatic heterocycles. The van der Waals surface area contributed by atoms with Crippen LogP contribution in [0, 0.1) is 0 Å². The third kappa shape index (κ3) is 2.57. The van der Waals surface area contributed by atoms with Gasteiger partial charge in [-0.2, -0.15) is 0 Å². The molecule has 1 amide bonds. The first-order valence-electron chi connectivity index (χ1n) is 5.11. The maximum atomic E-state index is 11.9. The minimum Gasteiger partial charge on any atom is -0.384 e. The Morgan fingerprint density at radius 3 is 3.00 bits per heavy atom. The topological polar surface area (TPSA) is 98.7 Å². The molecule has 2 heterocycles. The number of carbonyl (C=O) groups is 1. The van der Waals surface area contributed by atoms with Gasteiger partial charge < -0.3 is 15.6 Å². The molecule has 0 bridgehead atoms. The predicted octanol–water partition coefficient (Wildman–Crippen LogP) is 0.376. The molecule has 0 aromatic carbocycles. The molecule has 0 saturated heterocycles. The van der Waals surface area contributed by atoms with Crippen molar-refractivity contribution in [3.63, 3.8) is 0 Å². The van der Waals surface area contributed by atoms with Gasteiger partial charge in [-0.05, 0) is 12.1 Å². The average molecular weight is 267 g/mol. The number of carbonyl (C=O) groups excluding carboxylic acids is 1. The van der Waals surface area contributed by atoms with Crippen LogP contribution >= 0.6 is 11.6 Å². The molecule has 0 radical (unpaired) electrons. The minimum absolute atomic E-state index is 0.0961. The molecule has 0 aliphatic carbocycles. The lowest BCUT2D eigenvalue weighted by Gasteiger charge is -2.06. The summed E-state index contributed by atoms with van der Waals surface area (Å²) < 4.78 is 1.70. The van der Waals surface area contributed by atoms with Gasteiger partial charge in [-0.3, -0.25) is 4.79 Å². The summed E-state index contributed by atoms with van der Waals surface area (Å²) in [6.45, 7) is 0.238. The number of nitrogen functional groups attached to an aromatic ring is 1. The first-order chi connectivity index (χ1) is 8.58. The van der Waals surface area contributed by atoms with Gasteiger partial charge in [0, 0.05) is 7.05 Å². The van der Waals surface area contributed by atoms with Crippen LogP contribution in [-0.4, -0.2) is 25.7 Å². The minimum atomic E-state index is -0.407. The van der Waals surface area contributed by atoms with E-state index in [2.05, 4.69) is 20.5 Å². The SMILES string of the molecule is Cn1cnnc1CNC(=O)c1nc(N)ccc1Cl. The van der Waals surface area contributed by atoms with E-state index in [0.29, 0.717) is 5.82 Å². The Hall–Kier alpha value is -2.15. The molecule has 18 heavy (non-hydrogen) atoms. The van der Waals surface area contributed by atoms with Crippen LogP contribution < -0.4 is 11.1 Å². The Kier molecular flexibility index (Phi) is 3.42. The Morgan fingerprint density at radius 2 is 2.33 bits per heavy atom. The standard InChI is InChI=1S/C10H11ClN6O/c1-17-5-14-16-8(17)4-13-10(18)9-6(11)2-3-7(12)15-9/h2-3,5H,4H2,1H3,(H2,12,15)(H,13,18). The fourth-order valence-electron chi connectivity index (χ4n) is 1.33. The molecule has 0 unspecified atom stereocenters. The molecule has 8 heteroatoms. The molecule has 0 saturated carbocycles. The van der Waals surface area contributed by atoms with E-state index in [-0.39, 0.29) is 23.1 Å². The van der Waals surface area contributed by atoms with Gasteiger partial charge in [-0.1, -0.05) is 11.6 Å². The molecular weight excluding hydrogens is 256 g/mol. The van der Waals surface area contributed by atoms with Crippen molar-refractivity contribution in [3.05, 3.63) is 35.0 Å². The molecule has 0 fully saturated rings. The van der Waals surface area contributed by atoms with Gasteiger partial charge in [0.25, 0.3) is 5.91 Å². The van der Waals surface area contributed by atoms with Crippen molar-refractivity contribution in [2.45, 2.75) is 6.54 Å². The van der Waals surface area contributed by atoms with E-state index in [0.717, 1.165) is 0 Å². The van der Waals surface area contributed by atoms with Gasteiger partial charge in [-0.25, -0.2) is 4.98 Å². The first kappa shape index (κ1) is 12.3. The monoisotopic (exact) mass is 266 g/mol. The van der Waals surface area contributed by atoms with Gasteiger partial charge in [0.2, 0.25) is 0 Å². The highest BCUT2D eigenvalue weighted by Crippen LogP contribution is 2.14. The number of anilines is 1. The molecule has 0 aliphatic rings. The molecule has 3 N–H and O–H groups in total. The highest BCUT2D eigenvalue weighted by Gasteiger charge is 2.13. The zero-order chi connectivity index (χ0) is 13.1. The number of aromatic nitrogens is 4. The van der Waals surface area contributed by atoms with Crippen molar-refractivity contribution in [2.75, 3.05) is 5.73 Å². The predicted molar refractivity (Wildman–Crippen MR) is 65.8 cm³/mol. The zero-order valence-corrected chi connectivity index (χ0v) is 10.3. The number of nitrogens with one attached hydrogen (secondary N) is 1. The lowest BCUT2D eigenvalue weighted by molar-refractivity contribution is 0.0945. The molecule has 0 spiro atoms. The quantitative estimate of drug-likeness (QED) is 0.837. The van der Waals surface area contributed by atoms with E-state index in [1.54, 1.807) is 17.9 Å². The van der Waals surface area contributed by atoms with Crippen molar-refractivity contribution in [1.29, 1.82) is 0 Å². The van der Waals surface area contributed by atoms with Crippen LogP contribution in [0.4, 0.5) is 5.82 Å². The summed E-state index contributed by atoms with van der Waals surface area (Å²) in [4.78, 5) is 15.7. The van der Waals surface area contributed by atoms with E-state index in [4.69, 9.17) is 17.3 Å². The van der Waals surface area contributed by atoms with Crippen LogP contribution in [0.5, 0.6) is 0 Å². The van der Waals surface area contributed by atoms with Gasteiger partial charge in [0.1, 0.15) is 17.8 Å². The summed E-state index contributed by atoms with van der Waals surface area (Å²) >= 11 is 5.87. The Morgan fingerprint density at radius 1 is 1.56 bits per heavy atom. The number of halogens is 1. The molecule has 2 aromatic rings. The number of rotatable bonds is 3. The third-order valence-corrected chi connectivity index (χ3v) is 2.60. The van der Waals surface area contributed by atoms with E-state index in [1.807, 2.05) is 0 Å². The van der Waals surface area contributed by atoms with Crippen molar-refractivity contribution in [3.8, 4) is 0 Å². The number of nitrogens with zero attached hydrogens (tertiary/aromatic N) is 4. The normalized spacial score (nSPS) is 10.3. The zero-order valence-electron chi connectivity index (χ0n) is 9.59. The van der Waals surface area contributed by atoms with Crippen LogP contribution in [0.15, 0.2) is 18.5 Å². The van der Waals surface area contributed by atoms with Crippen molar-refractivity contribution in [1.82, 2.24) is 25.1 Å². The molecule has 7 nitrogen and oxygen atoms in total. The van der Waals surface area contributed by atoms with Crippen LogP contribution in [0.1, 0.15) is 16.3 Å². The van der Waals surface area contributed by atoms with Crippen molar-refractivity contribution >= 4 is 23.3 Å². The number of aryl methyl sites for hydroxylation is 1. The number of hydrogen-bond donors (Lipinski definition) is 2. The average Bonchev–Trinajstić information content (AvgIpc) is 2.75. The fraction of sp³-hybridized carbons (Fsp3) is 0.200. The molecule has 2 rings (SSSR count). The second-order valence-corrected chi connectivity index (χ2v) is 4.01. The number of hydrogen-bond acceptors (Lipinski definition) is 5. The molecule has 2 aromatic heterocycles. The first-order valence-corrected chi connectivity index (χ1v) is 5.49. The van der Waals surface area contributed by atoms with Gasteiger partial charge in [-0.15, -0.1) is 10.2 Å².